The monoisotopic (exact) mass is 421 g/mol. The summed E-state index contributed by atoms with van der Waals surface area (Å²) in [5, 5.41) is 3.10. The van der Waals surface area contributed by atoms with Gasteiger partial charge in [0, 0.05) is 55.6 Å². The number of aryl methyl sites for hydroxylation is 1. The highest BCUT2D eigenvalue weighted by Gasteiger charge is 2.28. The van der Waals surface area contributed by atoms with Gasteiger partial charge in [-0.2, -0.15) is 0 Å². The van der Waals surface area contributed by atoms with Gasteiger partial charge in [0.1, 0.15) is 5.58 Å². The lowest BCUT2D eigenvalue weighted by atomic mass is 10.1. The molecule has 2 fully saturated rings. The predicted octanol–water partition coefficient (Wildman–Crippen LogP) is 2.51. The minimum Gasteiger partial charge on any atom is -0.450 e. The first-order valence-electron chi connectivity index (χ1n) is 10.9. The van der Waals surface area contributed by atoms with Crippen LogP contribution in [0.3, 0.4) is 0 Å². The Balaban J connectivity index is 1.27. The number of ether oxygens (including phenoxy) is 1. The fraction of sp³-hybridized carbons (Fsp3) is 0.417. The topological polar surface area (TPSA) is 66.2 Å². The molecule has 2 amide bonds. The van der Waals surface area contributed by atoms with Crippen molar-refractivity contribution in [1.82, 2.24) is 14.7 Å². The molecule has 2 aliphatic rings. The summed E-state index contributed by atoms with van der Waals surface area (Å²) in [6, 6.07) is 12.2. The van der Waals surface area contributed by atoms with Gasteiger partial charge < -0.3 is 19.0 Å². The van der Waals surface area contributed by atoms with Crippen LogP contribution < -0.4 is 0 Å². The molecular weight excluding hydrogens is 394 g/mol. The van der Waals surface area contributed by atoms with Gasteiger partial charge in [0.25, 0.3) is 5.91 Å². The van der Waals surface area contributed by atoms with E-state index in [0.717, 1.165) is 27.3 Å². The number of piperazine rings is 1. The molecule has 2 aromatic carbocycles. The van der Waals surface area contributed by atoms with Gasteiger partial charge in [-0.1, -0.05) is 36.4 Å². The van der Waals surface area contributed by atoms with Crippen LogP contribution >= 0.6 is 0 Å². The summed E-state index contributed by atoms with van der Waals surface area (Å²) in [6.45, 7) is 7.45. The lowest BCUT2D eigenvalue weighted by Crippen LogP contribution is -2.52. The number of nitrogens with zero attached hydrogens (tertiary/aromatic N) is 3. The molecule has 7 heteroatoms. The largest absolute Gasteiger partial charge is 0.450 e. The summed E-state index contributed by atoms with van der Waals surface area (Å²) < 4.78 is 11.4. The van der Waals surface area contributed by atoms with Crippen molar-refractivity contribution in [2.24, 2.45) is 0 Å². The van der Waals surface area contributed by atoms with E-state index in [9.17, 15) is 9.59 Å². The van der Waals surface area contributed by atoms with Crippen molar-refractivity contribution in [3.63, 3.8) is 0 Å². The number of rotatable bonds is 3. The van der Waals surface area contributed by atoms with Crippen LogP contribution in [-0.4, -0.2) is 85.5 Å². The van der Waals surface area contributed by atoms with Crippen molar-refractivity contribution in [2.75, 3.05) is 59.0 Å². The highest BCUT2D eigenvalue weighted by molar-refractivity contribution is 6.08. The third kappa shape index (κ3) is 3.79. The van der Waals surface area contributed by atoms with Crippen molar-refractivity contribution >= 4 is 33.6 Å². The zero-order chi connectivity index (χ0) is 21.4. The van der Waals surface area contributed by atoms with Crippen molar-refractivity contribution in [2.45, 2.75) is 6.92 Å². The van der Waals surface area contributed by atoms with Crippen LogP contribution in [0.2, 0.25) is 0 Å². The SMILES string of the molecule is Cc1c(C(=O)N2CCN(CC(=O)N3CCOCC3)CC2)oc2c1ccc1ccccc12. The number of fused-ring (bicyclic) bond motifs is 3. The molecular formula is C24H27N3O4. The molecule has 7 nitrogen and oxygen atoms in total. The molecule has 0 saturated carbocycles. The van der Waals surface area contributed by atoms with E-state index in [1.165, 1.54) is 0 Å². The molecule has 2 saturated heterocycles. The Hall–Kier alpha value is -2.90. The van der Waals surface area contributed by atoms with Crippen LogP contribution in [0.5, 0.6) is 0 Å². The maximum Gasteiger partial charge on any atom is 0.289 e. The maximum absolute atomic E-state index is 13.2. The standard InChI is InChI=1S/C24H27N3O4/c1-17-19-7-6-18-4-2-3-5-20(18)23(19)31-22(17)24(29)27-10-8-25(9-11-27)16-21(28)26-12-14-30-15-13-26/h2-7H,8-16H2,1H3. The normalized spacial score (nSPS) is 18.1. The number of hydrogen-bond acceptors (Lipinski definition) is 5. The van der Waals surface area contributed by atoms with E-state index >= 15 is 0 Å². The van der Waals surface area contributed by atoms with Gasteiger partial charge >= 0.3 is 0 Å². The van der Waals surface area contributed by atoms with Gasteiger partial charge in [0.15, 0.2) is 5.76 Å². The number of hydrogen-bond donors (Lipinski definition) is 0. The first-order chi connectivity index (χ1) is 15.1. The summed E-state index contributed by atoms with van der Waals surface area (Å²) in [5.41, 5.74) is 1.66. The smallest absolute Gasteiger partial charge is 0.289 e. The number of amides is 2. The molecule has 1 aromatic heterocycles. The molecule has 0 unspecified atom stereocenters. The van der Waals surface area contributed by atoms with E-state index in [1.54, 1.807) is 0 Å². The minimum absolute atomic E-state index is 0.0723. The van der Waals surface area contributed by atoms with Crippen LogP contribution in [-0.2, 0) is 9.53 Å². The van der Waals surface area contributed by atoms with E-state index in [-0.39, 0.29) is 11.8 Å². The zero-order valence-corrected chi connectivity index (χ0v) is 17.8. The Morgan fingerprint density at radius 2 is 1.61 bits per heavy atom. The second kappa shape index (κ2) is 8.32. The van der Waals surface area contributed by atoms with Gasteiger partial charge in [-0.25, -0.2) is 0 Å². The van der Waals surface area contributed by atoms with E-state index in [4.69, 9.17) is 9.15 Å². The van der Waals surface area contributed by atoms with E-state index in [2.05, 4.69) is 11.0 Å². The van der Waals surface area contributed by atoms with Crippen molar-refractivity contribution in [1.29, 1.82) is 0 Å². The number of morpholine rings is 1. The minimum atomic E-state index is -0.0723. The van der Waals surface area contributed by atoms with Crippen LogP contribution in [0.25, 0.3) is 21.7 Å². The van der Waals surface area contributed by atoms with Gasteiger partial charge in [0.2, 0.25) is 5.91 Å². The van der Waals surface area contributed by atoms with E-state index < -0.39 is 0 Å². The molecule has 0 radical (unpaired) electrons. The van der Waals surface area contributed by atoms with Gasteiger partial charge in [0.05, 0.1) is 19.8 Å². The number of carbonyl (C=O) groups is 2. The maximum atomic E-state index is 13.2. The number of carbonyl (C=O) groups excluding carboxylic acids is 2. The Morgan fingerprint density at radius 1 is 0.871 bits per heavy atom. The van der Waals surface area contributed by atoms with Gasteiger partial charge in [-0.15, -0.1) is 0 Å². The Morgan fingerprint density at radius 3 is 2.39 bits per heavy atom. The average molecular weight is 421 g/mol. The molecule has 31 heavy (non-hydrogen) atoms. The lowest BCUT2D eigenvalue weighted by Gasteiger charge is -2.35. The van der Waals surface area contributed by atoms with Crippen molar-refractivity contribution in [3.05, 3.63) is 47.7 Å². The van der Waals surface area contributed by atoms with Crippen LogP contribution in [0.4, 0.5) is 0 Å². The molecule has 0 atom stereocenters. The van der Waals surface area contributed by atoms with Crippen molar-refractivity contribution in [3.8, 4) is 0 Å². The summed E-state index contributed by atoms with van der Waals surface area (Å²) >= 11 is 0. The molecule has 3 aromatic rings. The Labute approximate surface area is 181 Å². The highest BCUT2D eigenvalue weighted by atomic mass is 16.5. The first kappa shape index (κ1) is 20.0. The quantitative estimate of drug-likeness (QED) is 0.650. The lowest BCUT2D eigenvalue weighted by molar-refractivity contribution is -0.136. The molecule has 0 aliphatic carbocycles. The average Bonchev–Trinajstić information content (AvgIpc) is 3.16. The highest BCUT2D eigenvalue weighted by Crippen LogP contribution is 2.32. The third-order valence-corrected chi connectivity index (χ3v) is 6.40. The van der Waals surface area contributed by atoms with Crippen LogP contribution in [0.1, 0.15) is 16.1 Å². The molecule has 2 aliphatic heterocycles. The molecule has 5 rings (SSSR count). The number of benzene rings is 2. The fourth-order valence-corrected chi connectivity index (χ4v) is 4.51. The molecule has 3 heterocycles. The summed E-state index contributed by atoms with van der Waals surface area (Å²) in [5.74, 6) is 0.490. The summed E-state index contributed by atoms with van der Waals surface area (Å²) in [7, 11) is 0. The van der Waals surface area contributed by atoms with E-state index in [1.807, 2.05) is 47.1 Å². The second-order valence-corrected chi connectivity index (χ2v) is 8.28. The molecule has 0 N–H and O–H groups in total. The van der Waals surface area contributed by atoms with Crippen molar-refractivity contribution < 1.29 is 18.7 Å². The van der Waals surface area contributed by atoms with Crippen LogP contribution in [0, 0.1) is 6.92 Å². The summed E-state index contributed by atoms with van der Waals surface area (Å²) in [6.07, 6.45) is 0. The van der Waals surface area contributed by atoms with E-state index in [0.29, 0.717) is 64.8 Å². The summed E-state index contributed by atoms with van der Waals surface area (Å²) in [4.78, 5) is 31.5. The third-order valence-electron chi connectivity index (χ3n) is 6.40. The van der Waals surface area contributed by atoms with Crippen LogP contribution in [0.15, 0.2) is 40.8 Å². The number of furan rings is 1. The van der Waals surface area contributed by atoms with Gasteiger partial charge in [-0.05, 0) is 12.3 Å². The molecule has 0 bridgehead atoms. The van der Waals surface area contributed by atoms with Gasteiger partial charge in [-0.3, -0.25) is 14.5 Å². The zero-order valence-electron chi connectivity index (χ0n) is 17.8. The second-order valence-electron chi connectivity index (χ2n) is 8.28. The predicted molar refractivity (Wildman–Crippen MR) is 118 cm³/mol. The Bertz CT molecular complexity index is 1120. The Kier molecular flexibility index (Phi) is 5.38. The molecule has 0 spiro atoms. The first-order valence-corrected chi connectivity index (χ1v) is 10.9. The fourth-order valence-electron chi connectivity index (χ4n) is 4.51. The molecule has 162 valence electrons.